The molecule has 1 amide bonds. The number of anilines is 1. The molecule has 0 spiro atoms. The lowest BCUT2D eigenvalue weighted by atomic mass is 10.1. The van der Waals surface area contributed by atoms with Crippen LogP contribution in [0.2, 0.25) is 0 Å². The van der Waals surface area contributed by atoms with E-state index in [0.29, 0.717) is 5.56 Å². The molecule has 0 aliphatic rings. The van der Waals surface area contributed by atoms with Crippen LogP contribution in [0, 0.1) is 13.8 Å². The Morgan fingerprint density at radius 2 is 1.96 bits per heavy atom. The molecule has 0 atom stereocenters. The zero-order valence-corrected chi connectivity index (χ0v) is 16.4. The van der Waals surface area contributed by atoms with E-state index < -0.39 is 0 Å². The molecule has 0 fully saturated rings. The summed E-state index contributed by atoms with van der Waals surface area (Å²) in [6.45, 7) is 3.82. The van der Waals surface area contributed by atoms with Gasteiger partial charge in [0.05, 0.1) is 5.56 Å². The Morgan fingerprint density at radius 1 is 1.15 bits per heavy atom. The molecule has 4 rings (SSSR count). The van der Waals surface area contributed by atoms with Gasteiger partial charge in [-0.2, -0.15) is 9.61 Å². The highest BCUT2D eigenvalue weighted by Crippen LogP contribution is 2.29. The highest BCUT2D eigenvalue weighted by Gasteiger charge is 2.14. The molecule has 1 N–H and O–H groups in total. The number of amides is 1. The topological polar surface area (TPSA) is 72.2 Å². The van der Waals surface area contributed by atoms with Gasteiger partial charge in [0, 0.05) is 15.7 Å². The molecule has 130 valence electrons. The molecule has 0 saturated heterocycles. The van der Waals surface area contributed by atoms with Crippen LogP contribution in [0.3, 0.4) is 0 Å². The van der Waals surface area contributed by atoms with Crippen LogP contribution >= 0.6 is 27.3 Å². The quantitative estimate of drug-likeness (QED) is 0.522. The third-order valence-electron chi connectivity index (χ3n) is 4.00. The smallest absolute Gasteiger partial charge is 0.256 e. The summed E-state index contributed by atoms with van der Waals surface area (Å²) < 4.78 is 2.48. The average Bonchev–Trinajstić information content (AvgIpc) is 3.19. The van der Waals surface area contributed by atoms with Crippen molar-refractivity contribution in [1.29, 1.82) is 0 Å². The number of hydrogen-bond donors (Lipinski definition) is 1. The van der Waals surface area contributed by atoms with Crippen LogP contribution in [-0.4, -0.2) is 25.7 Å². The van der Waals surface area contributed by atoms with Gasteiger partial charge in [-0.25, -0.2) is 0 Å². The molecule has 0 unspecified atom stereocenters. The third-order valence-corrected chi connectivity index (χ3v) is 5.64. The molecule has 2 aromatic carbocycles. The normalized spacial score (nSPS) is 11.0. The molecule has 0 saturated carbocycles. The summed E-state index contributed by atoms with van der Waals surface area (Å²) in [5, 5.41) is 16.5. The predicted molar refractivity (Wildman–Crippen MR) is 106 cm³/mol. The minimum atomic E-state index is -0.160. The number of aryl methyl sites for hydroxylation is 2. The molecule has 0 aliphatic carbocycles. The van der Waals surface area contributed by atoms with Crippen molar-refractivity contribution in [3.8, 4) is 10.6 Å². The van der Waals surface area contributed by atoms with Gasteiger partial charge in [0.25, 0.3) is 5.91 Å². The maximum atomic E-state index is 12.6. The van der Waals surface area contributed by atoms with Crippen molar-refractivity contribution in [3.63, 3.8) is 0 Å². The minimum Gasteiger partial charge on any atom is -0.322 e. The van der Waals surface area contributed by atoms with Crippen molar-refractivity contribution in [3.05, 3.63) is 63.9 Å². The summed E-state index contributed by atoms with van der Waals surface area (Å²) in [6.07, 6.45) is 0. The van der Waals surface area contributed by atoms with Crippen LogP contribution in [0.4, 0.5) is 5.69 Å². The van der Waals surface area contributed by atoms with Crippen LogP contribution in [0.15, 0.2) is 46.9 Å². The standard InChI is InChI=1S/C18H14BrN5OS/c1-10-7-8-12(17-23-24-11(2)21-22-18(24)26-17)9-15(10)20-16(25)13-5-3-4-6-14(13)19/h3-9H,1-2H3,(H,20,25). The number of fused-ring (bicyclic) bond motifs is 1. The van der Waals surface area contributed by atoms with Gasteiger partial charge in [0.1, 0.15) is 5.01 Å². The lowest BCUT2D eigenvalue weighted by Crippen LogP contribution is -2.13. The van der Waals surface area contributed by atoms with E-state index >= 15 is 0 Å². The number of aromatic nitrogens is 4. The molecule has 0 radical (unpaired) electrons. The summed E-state index contributed by atoms with van der Waals surface area (Å²) in [7, 11) is 0. The Bertz CT molecular complexity index is 1130. The van der Waals surface area contributed by atoms with Crippen molar-refractivity contribution in [2.75, 3.05) is 5.32 Å². The zero-order chi connectivity index (χ0) is 18.3. The van der Waals surface area contributed by atoms with Crippen LogP contribution in [0.5, 0.6) is 0 Å². The average molecular weight is 428 g/mol. The van der Waals surface area contributed by atoms with Gasteiger partial charge in [0.15, 0.2) is 5.82 Å². The number of rotatable bonds is 3. The summed E-state index contributed by atoms with van der Waals surface area (Å²) in [5.41, 5.74) is 3.25. The SMILES string of the molecule is Cc1ccc(-c2nn3c(C)nnc3s2)cc1NC(=O)c1ccccc1Br. The molecular weight excluding hydrogens is 414 g/mol. The molecule has 0 aliphatic heterocycles. The van der Waals surface area contributed by atoms with Gasteiger partial charge in [-0.3, -0.25) is 4.79 Å². The lowest BCUT2D eigenvalue weighted by Gasteiger charge is -2.10. The van der Waals surface area contributed by atoms with Crippen molar-refractivity contribution in [2.45, 2.75) is 13.8 Å². The van der Waals surface area contributed by atoms with E-state index in [-0.39, 0.29) is 5.91 Å². The summed E-state index contributed by atoms with van der Waals surface area (Å²) >= 11 is 4.88. The van der Waals surface area contributed by atoms with Crippen LogP contribution in [0.25, 0.3) is 15.5 Å². The first-order valence-electron chi connectivity index (χ1n) is 7.88. The Labute approximate surface area is 162 Å². The Morgan fingerprint density at radius 3 is 2.73 bits per heavy atom. The zero-order valence-electron chi connectivity index (χ0n) is 14.0. The van der Waals surface area contributed by atoms with E-state index in [9.17, 15) is 4.79 Å². The molecule has 2 heterocycles. The van der Waals surface area contributed by atoms with Gasteiger partial charge in [-0.05, 0) is 53.5 Å². The third kappa shape index (κ3) is 3.02. The first-order valence-corrected chi connectivity index (χ1v) is 9.49. The predicted octanol–water partition coefficient (Wildman–Crippen LogP) is 4.48. The first-order chi connectivity index (χ1) is 12.5. The second-order valence-electron chi connectivity index (χ2n) is 5.81. The number of nitrogens with one attached hydrogen (secondary N) is 1. The van der Waals surface area contributed by atoms with E-state index in [0.717, 1.165) is 37.1 Å². The molecule has 6 nitrogen and oxygen atoms in total. The number of halogens is 1. The van der Waals surface area contributed by atoms with E-state index in [4.69, 9.17) is 0 Å². The van der Waals surface area contributed by atoms with Crippen LogP contribution in [-0.2, 0) is 0 Å². The number of nitrogens with zero attached hydrogens (tertiary/aromatic N) is 4. The number of carbonyl (C=O) groups is 1. The minimum absolute atomic E-state index is 0.160. The first kappa shape index (κ1) is 16.9. The molecular formula is C18H14BrN5OS. The van der Waals surface area contributed by atoms with Gasteiger partial charge in [-0.1, -0.05) is 35.6 Å². The second kappa shape index (κ2) is 6.62. The van der Waals surface area contributed by atoms with Gasteiger partial charge in [-0.15, -0.1) is 10.2 Å². The summed E-state index contributed by atoms with van der Waals surface area (Å²) in [6, 6.07) is 13.2. The number of hydrogen-bond acceptors (Lipinski definition) is 5. The number of carbonyl (C=O) groups excluding carboxylic acids is 1. The van der Waals surface area contributed by atoms with Gasteiger partial charge < -0.3 is 5.32 Å². The van der Waals surface area contributed by atoms with Crippen LogP contribution in [0.1, 0.15) is 21.7 Å². The Kier molecular flexibility index (Phi) is 4.29. The summed E-state index contributed by atoms with van der Waals surface area (Å²) in [4.78, 5) is 13.3. The highest BCUT2D eigenvalue weighted by molar-refractivity contribution is 9.10. The second-order valence-corrected chi connectivity index (χ2v) is 7.62. The molecule has 0 bridgehead atoms. The van der Waals surface area contributed by atoms with Gasteiger partial charge in [0.2, 0.25) is 4.96 Å². The highest BCUT2D eigenvalue weighted by atomic mass is 79.9. The molecule has 26 heavy (non-hydrogen) atoms. The molecule has 8 heteroatoms. The van der Waals surface area contributed by atoms with Crippen molar-refractivity contribution >= 4 is 43.8 Å². The van der Waals surface area contributed by atoms with Crippen molar-refractivity contribution in [1.82, 2.24) is 19.8 Å². The number of benzene rings is 2. The van der Waals surface area contributed by atoms with E-state index in [1.54, 1.807) is 10.6 Å². The maximum absolute atomic E-state index is 12.6. The van der Waals surface area contributed by atoms with Gasteiger partial charge >= 0.3 is 0 Å². The fourth-order valence-corrected chi connectivity index (χ4v) is 3.90. The molecule has 4 aromatic rings. The fraction of sp³-hybridized carbons (Fsp3) is 0.111. The fourth-order valence-electron chi connectivity index (χ4n) is 2.56. The van der Waals surface area contributed by atoms with Crippen LogP contribution < -0.4 is 5.32 Å². The van der Waals surface area contributed by atoms with E-state index in [2.05, 4.69) is 36.5 Å². The Balaban J connectivity index is 1.68. The van der Waals surface area contributed by atoms with Crippen molar-refractivity contribution < 1.29 is 4.79 Å². The largest absolute Gasteiger partial charge is 0.322 e. The summed E-state index contributed by atoms with van der Waals surface area (Å²) in [5.74, 6) is 0.587. The lowest BCUT2D eigenvalue weighted by molar-refractivity contribution is 0.102. The maximum Gasteiger partial charge on any atom is 0.256 e. The Hall–Kier alpha value is -2.58. The monoisotopic (exact) mass is 427 g/mol. The van der Waals surface area contributed by atoms with E-state index in [1.807, 2.05) is 50.2 Å². The molecule has 2 aromatic heterocycles. The van der Waals surface area contributed by atoms with E-state index in [1.165, 1.54) is 11.3 Å². The van der Waals surface area contributed by atoms with Crippen molar-refractivity contribution in [2.24, 2.45) is 0 Å².